The van der Waals surface area contributed by atoms with E-state index < -0.39 is 12.1 Å². The molecule has 0 N–H and O–H groups in total. The first-order chi connectivity index (χ1) is 35.0. The number of unbranched alkanes of at least 4 members (excludes halogenated alkanes) is 30. The van der Waals surface area contributed by atoms with Gasteiger partial charge in [0.25, 0.3) is 0 Å². The Morgan fingerprint density at radius 3 is 0.915 bits per heavy atom. The van der Waals surface area contributed by atoms with Crippen LogP contribution in [0.3, 0.4) is 0 Å². The van der Waals surface area contributed by atoms with Gasteiger partial charge in [-0.15, -0.1) is 0 Å². The van der Waals surface area contributed by atoms with E-state index in [0.717, 1.165) is 83.5 Å². The average molecular weight is 990 g/mol. The average Bonchev–Trinajstić information content (AvgIpc) is 3.37. The fourth-order valence-electron chi connectivity index (χ4n) is 8.39. The third-order valence-corrected chi connectivity index (χ3v) is 12.9. The smallest absolute Gasteiger partial charge is 0.310 e. The molecule has 6 heteroatoms. The molecule has 1 atom stereocenters. The van der Waals surface area contributed by atoms with Gasteiger partial charge in [-0.3, -0.25) is 14.4 Å². The summed E-state index contributed by atoms with van der Waals surface area (Å²) in [7, 11) is 0. The van der Waals surface area contributed by atoms with Crippen LogP contribution in [-0.2, 0) is 28.6 Å². The van der Waals surface area contributed by atoms with Gasteiger partial charge in [-0.05, 0) is 96.3 Å². The zero-order chi connectivity index (χ0) is 51.4. The quantitative estimate of drug-likeness (QED) is 0.0261. The largest absolute Gasteiger partial charge is 0.462 e. The number of hydrogen-bond acceptors (Lipinski definition) is 6. The zero-order valence-corrected chi connectivity index (χ0v) is 46.7. The van der Waals surface area contributed by atoms with Crippen LogP contribution < -0.4 is 0 Å². The van der Waals surface area contributed by atoms with Gasteiger partial charge in [-0.25, -0.2) is 0 Å². The molecule has 1 unspecified atom stereocenters. The number of hydrogen-bond donors (Lipinski definition) is 0. The van der Waals surface area contributed by atoms with E-state index in [1.165, 1.54) is 167 Å². The second kappa shape index (κ2) is 59.2. The molecule has 0 spiro atoms. The predicted octanol–water partition coefficient (Wildman–Crippen LogP) is 20.3. The SMILES string of the molecule is CC/C=C\C/C=C\C/C=C\C/C=C\C/C=C\CC(=O)OC(COC(=O)CCCCCCC/C=C\CCCCCCCC)COC(=O)CCCCCCCCCCCCC/C=C\CCCCCCCCCC. The molecule has 0 aromatic carbocycles. The molecule has 0 heterocycles. The molecule has 71 heavy (non-hydrogen) atoms. The Morgan fingerprint density at radius 1 is 0.310 bits per heavy atom. The number of carbonyl (C=O) groups excluding carboxylic acids is 3. The zero-order valence-electron chi connectivity index (χ0n) is 46.7. The molecule has 0 aliphatic carbocycles. The molecule has 0 fully saturated rings. The highest BCUT2D eigenvalue weighted by molar-refractivity contribution is 5.72. The van der Waals surface area contributed by atoms with Gasteiger partial charge in [0, 0.05) is 12.8 Å². The van der Waals surface area contributed by atoms with Gasteiger partial charge in [0.05, 0.1) is 6.42 Å². The lowest BCUT2D eigenvalue weighted by atomic mass is 10.0. The van der Waals surface area contributed by atoms with Crippen LogP contribution in [0.15, 0.2) is 85.1 Å². The van der Waals surface area contributed by atoms with Gasteiger partial charge in [0.2, 0.25) is 0 Å². The summed E-state index contributed by atoms with van der Waals surface area (Å²) in [4.78, 5) is 38.1. The summed E-state index contributed by atoms with van der Waals surface area (Å²) in [5.74, 6) is -1.05. The van der Waals surface area contributed by atoms with Gasteiger partial charge in [0.15, 0.2) is 6.10 Å². The van der Waals surface area contributed by atoms with Crippen LogP contribution in [-0.4, -0.2) is 37.2 Å². The number of carbonyl (C=O) groups is 3. The normalized spacial score (nSPS) is 12.7. The first-order valence-corrected chi connectivity index (χ1v) is 30.1. The third-order valence-electron chi connectivity index (χ3n) is 12.9. The van der Waals surface area contributed by atoms with Gasteiger partial charge < -0.3 is 14.2 Å². The van der Waals surface area contributed by atoms with Crippen molar-refractivity contribution in [1.29, 1.82) is 0 Å². The Hall–Kier alpha value is -3.41. The van der Waals surface area contributed by atoms with E-state index in [-0.39, 0.29) is 31.6 Å². The Morgan fingerprint density at radius 2 is 0.592 bits per heavy atom. The second-order valence-corrected chi connectivity index (χ2v) is 19.9. The Bertz CT molecular complexity index is 1370. The molecule has 0 bridgehead atoms. The standard InChI is InChI=1S/C65H112O6/c1-4-7-10-13-16-19-22-25-28-29-30-31-32-33-34-35-38-40-43-46-49-52-55-58-64(67)70-61-62(71-65(68)59-56-53-50-47-44-41-37-27-24-21-18-15-12-9-6-3)60-69-63(66)57-54-51-48-45-42-39-36-26-23-20-17-14-11-8-5-2/h9,12,18,21,26-27,29-30,36-37,44,47,53,56,62H,4-8,10-11,13-17,19-20,22-25,28,31-35,38-43,45-46,48-52,54-55,57-61H2,1-3H3/b12-9-,21-18-,30-29-,36-26-,37-27-,47-44-,56-53-. The maximum absolute atomic E-state index is 12.8. The molecular weight excluding hydrogens is 877 g/mol. The first kappa shape index (κ1) is 67.6. The van der Waals surface area contributed by atoms with Crippen molar-refractivity contribution in [2.75, 3.05) is 13.2 Å². The molecule has 0 saturated carbocycles. The fourth-order valence-corrected chi connectivity index (χ4v) is 8.39. The minimum absolute atomic E-state index is 0.0954. The van der Waals surface area contributed by atoms with Crippen molar-refractivity contribution in [1.82, 2.24) is 0 Å². The van der Waals surface area contributed by atoms with Crippen LogP contribution in [0.4, 0.5) is 0 Å². The van der Waals surface area contributed by atoms with Crippen molar-refractivity contribution < 1.29 is 28.6 Å². The molecule has 0 aliphatic heterocycles. The molecular formula is C65H112O6. The van der Waals surface area contributed by atoms with E-state index in [1.807, 2.05) is 6.08 Å². The summed E-state index contributed by atoms with van der Waals surface area (Å²) in [6.45, 7) is 6.45. The van der Waals surface area contributed by atoms with Crippen LogP contribution in [0, 0.1) is 0 Å². The summed E-state index contributed by atoms with van der Waals surface area (Å²) in [5.41, 5.74) is 0. The summed E-state index contributed by atoms with van der Waals surface area (Å²) in [5, 5.41) is 0. The number of allylic oxidation sites excluding steroid dienone is 13. The third kappa shape index (κ3) is 57.4. The Kier molecular flexibility index (Phi) is 56.3. The van der Waals surface area contributed by atoms with Crippen molar-refractivity contribution in [2.45, 2.75) is 297 Å². The number of rotatable bonds is 54. The van der Waals surface area contributed by atoms with Crippen LogP contribution in [0.1, 0.15) is 290 Å². The first-order valence-electron chi connectivity index (χ1n) is 30.1. The molecule has 0 saturated heterocycles. The number of ether oxygens (including phenoxy) is 3. The van der Waals surface area contributed by atoms with Crippen molar-refractivity contribution in [3.8, 4) is 0 Å². The Balaban J connectivity index is 4.40. The summed E-state index contributed by atoms with van der Waals surface area (Å²) >= 11 is 0. The summed E-state index contributed by atoms with van der Waals surface area (Å²) in [6, 6.07) is 0. The van der Waals surface area contributed by atoms with Gasteiger partial charge in [0.1, 0.15) is 13.2 Å². The van der Waals surface area contributed by atoms with Crippen LogP contribution in [0.25, 0.3) is 0 Å². The predicted molar refractivity (Wildman–Crippen MR) is 307 cm³/mol. The van der Waals surface area contributed by atoms with Crippen LogP contribution in [0.2, 0.25) is 0 Å². The van der Waals surface area contributed by atoms with Crippen LogP contribution >= 0.6 is 0 Å². The van der Waals surface area contributed by atoms with E-state index in [1.54, 1.807) is 6.08 Å². The molecule has 0 rings (SSSR count). The summed E-state index contributed by atoms with van der Waals surface area (Å²) < 4.78 is 16.8. The van der Waals surface area contributed by atoms with Gasteiger partial charge in [-0.1, -0.05) is 260 Å². The van der Waals surface area contributed by atoms with Gasteiger partial charge in [-0.2, -0.15) is 0 Å². The second-order valence-electron chi connectivity index (χ2n) is 19.9. The molecule has 0 amide bonds. The van der Waals surface area contributed by atoms with Crippen molar-refractivity contribution in [3.63, 3.8) is 0 Å². The van der Waals surface area contributed by atoms with E-state index in [9.17, 15) is 14.4 Å². The minimum atomic E-state index is -0.835. The van der Waals surface area contributed by atoms with Crippen LogP contribution in [0.5, 0.6) is 0 Å². The molecule has 0 radical (unpaired) electrons. The summed E-state index contributed by atoms with van der Waals surface area (Å²) in [6.07, 6.45) is 77.6. The highest BCUT2D eigenvalue weighted by atomic mass is 16.6. The molecule has 0 aliphatic rings. The van der Waals surface area contributed by atoms with E-state index in [4.69, 9.17) is 14.2 Å². The molecule has 0 aromatic heterocycles. The lowest BCUT2D eigenvalue weighted by Crippen LogP contribution is -2.30. The number of esters is 3. The van der Waals surface area contributed by atoms with Crippen molar-refractivity contribution in [3.05, 3.63) is 85.1 Å². The van der Waals surface area contributed by atoms with Crippen molar-refractivity contribution in [2.24, 2.45) is 0 Å². The molecule has 408 valence electrons. The van der Waals surface area contributed by atoms with Gasteiger partial charge >= 0.3 is 17.9 Å². The highest BCUT2D eigenvalue weighted by Gasteiger charge is 2.19. The topological polar surface area (TPSA) is 78.9 Å². The fraction of sp³-hybridized carbons (Fsp3) is 0.738. The minimum Gasteiger partial charge on any atom is -0.462 e. The lowest BCUT2D eigenvalue weighted by Gasteiger charge is -2.18. The molecule has 6 nitrogen and oxygen atoms in total. The molecule has 0 aromatic rings. The van der Waals surface area contributed by atoms with Crippen molar-refractivity contribution >= 4 is 17.9 Å². The highest BCUT2D eigenvalue weighted by Crippen LogP contribution is 2.15. The monoisotopic (exact) mass is 989 g/mol. The maximum Gasteiger partial charge on any atom is 0.310 e. The van der Waals surface area contributed by atoms with E-state index in [2.05, 4.69) is 93.7 Å². The Labute approximate surface area is 439 Å². The van der Waals surface area contributed by atoms with E-state index >= 15 is 0 Å². The van der Waals surface area contributed by atoms with E-state index in [0.29, 0.717) is 12.8 Å². The lowest BCUT2D eigenvalue weighted by molar-refractivity contribution is -0.166. The maximum atomic E-state index is 12.8.